The van der Waals surface area contributed by atoms with Crippen molar-refractivity contribution in [1.82, 2.24) is 0 Å². The van der Waals surface area contributed by atoms with Crippen molar-refractivity contribution < 1.29 is 192 Å². The monoisotopic (exact) mass is 796 g/mol. The Morgan fingerprint density at radius 1 is 0.276 bits per heavy atom. The Balaban J connectivity index is -0.0000000238. The molecular formula is CrO20P5Zr3. The smallest absolute Gasteiger partial charge is 0.822 e. The molecular weight excluding hydrogens is 801 g/mol. The van der Waals surface area contributed by atoms with Gasteiger partial charge in [-0.1, -0.05) is 0 Å². The molecule has 0 unspecified atom stereocenters. The van der Waals surface area contributed by atoms with Crippen LogP contribution in [0.3, 0.4) is 0 Å². The van der Waals surface area contributed by atoms with Gasteiger partial charge in [-0.3, -0.25) is 0 Å². The van der Waals surface area contributed by atoms with Gasteiger partial charge in [-0.25, -0.2) is 0 Å². The van der Waals surface area contributed by atoms with E-state index in [-0.39, 0.29) is 96.0 Å². The van der Waals surface area contributed by atoms with Crippen LogP contribution in [-0.2, 0) is 119 Å². The first kappa shape index (κ1) is 58.5. The molecule has 20 nitrogen and oxygen atoms in total. The van der Waals surface area contributed by atoms with Crippen LogP contribution in [0.1, 0.15) is 0 Å². The molecule has 0 aliphatic carbocycles. The molecule has 0 aromatic rings. The van der Waals surface area contributed by atoms with Crippen LogP contribution in [-0.4, -0.2) is 0 Å². The van der Waals surface area contributed by atoms with Gasteiger partial charge in [-0.2, -0.15) is 39.1 Å². The third kappa shape index (κ3) is 2010. The molecule has 0 aliphatic rings. The maximum atomic E-state index is 8.55. The van der Waals surface area contributed by atoms with Gasteiger partial charge in [0.2, 0.25) is 0 Å². The van der Waals surface area contributed by atoms with Crippen LogP contribution in [0.4, 0.5) is 0 Å². The second kappa shape index (κ2) is 26.3. The largest absolute Gasteiger partial charge is 4.00 e. The Labute approximate surface area is 229 Å². The minimum Gasteiger partial charge on any atom is -0.822 e. The predicted molar refractivity (Wildman–Crippen MR) is 38.0 cm³/mol. The number of phosphoric acid groups is 5. The summed E-state index contributed by atoms with van der Waals surface area (Å²) >= 11 is 0. The minimum atomic E-state index is -5.39. The summed E-state index contributed by atoms with van der Waals surface area (Å²) in [4.78, 5) is 128. The molecule has 0 rings (SSSR count). The van der Waals surface area contributed by atoms with E-state index >= 15 is 0 Å². The average molecular weight is 801 g/mol. The van der Waals surface area contributed by atoms with Crippen molar-refractivity contribution in [3.8, 4) is 0 Å². The normalized spacial score (nSPS) is 10.2. The number of hydrogen-bond acceptors (Lipinski definition) is 20. The van der Waals surface area contributed by atoms with E-state index < -0.39 is 39.1 Å². The van der Waals surface area contributed by atoms with Crippen molar-refractivity contribution in [2.45, 2.75) is 0 Å². The number of rotatable bonds is 0. The molecule has 0 aromatic carbocycles. The van der Waals surface area contributed by atoms with E-state index in [1.807, 2.05) is 0 Å². The summed E-state index contributed by atoms with van der Waals surface area (Å²) in [5.74, 6) is 0. The molecule has 0 aromatic heterocycles. The van der Waals surface area contributed by atoms with E-state index in [9.17, 15) is 0 Å². The molecule has 1 radical (unpaired) electrons. The summed E-state index contributed by atoms with van der Waals surface area (Å²) in [5.41, 5.74) is 0. The van der Waals surface area contributed by atoms with Crippen LogP contribution in [0.25, 0.3) is 0 Å². The van der Waals surface area contributed by atoms with E-state index in [2.05, 4.69) is 0 Å². The van der Waals surface area contributed by atoms with Gasteiger partial charge in [0, 0.05) is 0 Å². The van der Waals surface area contributed by atoms with Crippen LogP contribution in [0, 0.1) is 0 Å². The van der Waals surface area contributed by atoms with Crippen LogP contribution >= 0.6 is 39.1 Å². The summed E-state index contributed by atoms with van der Waals surface area (Å²) in [5, 5.41) is 0. The second-order valence-corrected chi connectivity index (χ2v) is 6.71. The third-order valence-electron chi connectivity index (χ3n) is 0. The summed E-state index contributed by atoms with van der Waals surface area (Å²) in [7, 11) is -26.9. The summed E-state index contributed by atoms with van der Waals surface area (Å²) in [6.07, 6.45) is 0. The first-order chi connectivity index (χ1) is 10.0. The SMILES string of the molecule is O=P([O-])([O-])[O-].O=P([O-])([O-])[O-].O=P([O-])([O-])[O-].O=P([O-])([O-])[O-].O=P([O-])([O-])[O-].[Cr+3].[Zr+4].[Zr+4].[Zr+4]. The molecule has 0 bridgehead atoms. The quantitative estimate of drug-likeness (QED) is 0.205. The van der Waals surface area contributed by atoms with Crippen LogP contribution in [0.15, 0.2) is 0 Å². The maximum Gasteiger partial charge on any atom is 4.00 e. The Kier molecular flexibility index (Phi) is 53.1. The van der Waals surface area contributed by atoms with Crippen LogP contribution in [0.5, 0.6) is 0 Å². The molecule has 0 amide bonds. The predicted octanol–water partition coefficient (Wildman–Crippen LogP) is -14.1. The molecule has 0 spiro atoms. The van der Waals surface area contributed by atoms with Crippen molar-refractivity contribution in [3.05, 3.63) is 0 Å². The summed E-state index contributed by atoms with van der Waals surface area (Å²) in [6, 6.07) is 0. The standard InChI is InChI=1S/Cr.5H3O4P.3Zr/c;5*1-5(2,3)4;;;/h;5*(H3,1,2,3,4);;;/q+3;;;;;;3*+4/p-15. The van der Waals surface area contributed by atoms with E-state index in [4.69, 9.17) is 96.2 Å². The van der Waals surface area contributed by atoms with Gasteiger partial charge in [-0.05, 0) is 0 Å². The first-order valence-corrected chi connectivity index (χ1v) is 11.0. The van der Waals surface area contributed by atoms with Crippen molar-refractivity contribution in [2.24, 2.45) is 0 Å². The third-order valence-corrected chi connectivity index (χ3v) is 0. The van der Waals surface area contributed by atoms with Crippen LogP contribution < -0.4 is 73.4 Å². The van der Waals surface area contributed by atoms with Gasteiger partial charge in [-0.15, -0.1) is 0 Å². The fourth-order valence-corrected chi connectivity index (χ4v) is 0. The molecule has 0 atom stereocenters. The van der Waals surface area contributed by atoms with Gasteiger partial charge >= 0.3 is 96.0 Å². The minimum absolute atomic E-state index is 0. The Hall–Kier alpha value is 3.73. The van der Waals surface area contributed by atoms with Gasteiger partial charge < -0.3 is 96.2 Å². The zero-order valence-corrected chi connectivity index (χ0v) is 25.4. The molecule has 163 valence electrons. The second-order valence-electron chi connectivity index (χ2n) is 2.24. The Morgan fingerprint density at radius 3 is 0.276 bits per heavy atom. The Bertz CT molecular complexity index is 385. The molecule has 0 fully saturated rings. The fourth-order valence-electron chi connectivity index (χ4n) is 0. The van der Waals surface area contributed by atoms with Gasteiger partial charge in [0.05, 0.1) is 0 Å². The van der Waals surface area contributed by atoms with E-state index in [0.717, 1.165) is 0 Å². The van der Waals surface area contributed by atoms with Crippen molar-refractivity contribution >= 4 is 39.1 Å². The average Bonchev–Trinajstić information content (AvgIpc) is 1.79. The molecule has 29 heavy (non-hydrogen) atoms. The summed E-state index contributed by atoms with van der Waals surface area (Å²) in [6.45, 7) is 0. The molecule has 0 saturated heterocycles. The molecule has 0 heterocycles. The first-order valence-electron chi connectivity index (χ1n) is 3.65. The van der Waals surface area contributed by atoms with Crippen LogP contribution in [0.2, 0.25) is 0 Å². The molecule has 0 saturated carbocycles. The van der Waals surface area contributed by atoms with E-state index in [1.54, 1.807) is 0 Å². The van der Waals surface area contributed by atoms with E-state index in [0.29, 0.717) is 0 Å². The zero-order valence-electron chi connectivity index (χ0n) is 12.3. The molecule has 0 aliphatic heterocycles. The molecule has 0 N–H and O–H groups in total. The zero-order chi connectivity index (χ0) is 22.5. The molecule has 29 heteroatoms. The van der Waals surface area contributed by atoms with Crippen molar-refractivity contribution in [3.63, 3.8) is 0 Å². The van der Waals surface area contributed by atoms with Crippen molar-refractivity contribution in [2.75, 3.05) is 0 Å². The topological polar surface area (TPSA) is 431 Å². The van der Waals surface area contributed by atoms with Gasteiger partial charge in [0.1, 0.15) is 0 Å². The van der Waals surface area contributed by atoms with Crippen molar-refractivity contribution in [1.29, 1.82) is 0 Å². The van der Waals surface area contributed by atoms with Gasteiger partial charge in [0.25, 0.3) is 0 Å². The van der Waals surface area contributed by atoms with Gasteiger partial charge in [0.15, 0.2) is 0 Å². The van der Waals surface area contributed by atoms with E-state index in [1.165, 1.54) is 0 Å². The Morgan fingerprint density at radius 2 is 0.276 bits per heavy atom. The number of hydrogen-bond donors (Lipinski definition) is 0. The summed E-state index contributed by atoms with van der Waals surface area (Å²) < 4.78 is 42.7. The fraction of sp³-hybridized carbons (Fsp3) is 0. The maximum absolute atomic E-state index is 8.55.